The van der Waals surface area contributed by atoms with Crippen molar-refractivity contribution in [3.63, 3.8) is 0 Å². The van der Waals surface area contributed by atoms with Crippen molar-refractivity contribution in [2.24, 2.45) is 0 Å². The summed E-state index contributed by atoms with van der Waals surface area (Å²) in [6, 6.07) is 6.41. The summed E-state index contributed by atoms with van der Waals surface area (Å²) in [5.41, 5.74) is 2.03. The van der Waals surface area contributed by atoms with E-state index in [1.54, 1.807) is 6.07 Å². The van der Waals surface area contributed by atoms with E-state index in [1.165, 1.54) is 18.4 Å². The number of aromatic amines is 1. The van der Waals surface area contributed by atoms with E-state index < -0.39 is 11.9 Å². The van der Waals surface area contributed by atoms with Gasteiger partial charge in [-0.15, -0.1) is 0 Å². The van der Waals surface area contributed by atoms with Gasteiger partial charge in [0.05, 0.1) is 5.52 Å². The Bertz CT molecular complexity index is 764. The molecule has 1 aliphatic rings. The molecule has 1 fully saturated rings. The Morgan fingerprint density at radius 3 is 2.84 bits per heavy atom. The molecule has 1 heterocycles. The average Bonchev–Trinajstić information content (AvgIpc) is 3.33. The summed E-state index contributed by atoms with van der Waals surface area (Å²) in [7, 11) is 2.16. The van der Waals surface area contributed by atoms with Crippen LogP contribution in [0, 0.1) is 0 Å². The fourth-order valence-electron chi connectivity index (χ4n) is 3.03. The highest BCUT2D eigenvalue weighted by molar-refractivity contribution is 5.90. The molecule has 1 aromatic heterocycles. The molecule has 134 valence electrons. The molecule has 3 rings (SSSR count). The normalized spacial score (nSPS) is 14.2. The lowest BCUT2D eigenvalue weighted by molar-refractivity contribution is -0.137. The summed E-state index contributed by atoms with van der Waals surface area (Å²) in [5, 5.41) is 9.70. The molecule has 0 radical (unpaired) electrons. The standard InChI is InChI=1S/C19H24N2O4/c1-21(14-8-9-14)11-10-13-12-20-19-15(13)4-2-5-16(19)25-18(24)7-3-6-17(22)23/h2,4-5,12,14,20H,3,6-11H2,1H3,(H,22,23). The number of para-hydroxylation sites is 1. The minimum Gasteiger partial charge on any atom is -0.481 e. The molecule has 6 nitrogen and oxygen atoms in total. The molecule has 0 atom stereocenters. The average molecular weight is 344 g/mol. The number of hydrogen-bond acceptors (Lipinski definition) is 4. The van der Waals surface area contributed by atoms with E-state index in [2.05, 4.69) is 16.9 Å². The number of likely N-dealkylation sites (N-methyl/N-ethyl adjacent to an activating group) is 1. The van der Waals surface area contributed by atoms with E-state index in [0.29, 0.717) is 5.75 Å². The number of esters is 1. The van der Waals surface area contributed by atoms with Gasteiger partial charge in [-0.25, -0.2) is 0 Å². The van der Waals surface area contributed by atoms with Gasteiger partial charge in [-0.1, -0.05) is 12.1 Å². The first-order chi connectivity index (χ1) is 12.0. The maximum atomic E-state index is 11.9. The summed E-state index contributed by atoms with van der Waals surface area (Å²) in [4.78, 5) is 28.0. The van der Waals surface area contributed by atoms with Crippen LogP contribution >= 0.6 is 0 Å². The largest absolute Gasteiger partial charge is 0.481 e. The van der Waals surface area contributed by atoms with Gasteiger partial charge in [0.15, 0.2) is 5.75 Å². The molecular formula is C19H24N2O4. The predicted octanol–water partition coefficient (Wildman–Crippen LogP) is 2.96. The van der Waals surface area contributed by atoms with Crippen LogP contribution in [0.2, 0.25) is 0 Å². The van der Waals surface area contributed by atoms with Crippen molar-refractivity contribution in [1.29, 1.82) is 0 Å². The fourth-order valence-corrected chi connectivity index (χ4v) is 3.03. The molecule has 0 aliphatic heterocycles. The van der Waals surface area contributed by atoms with Gasteiger partial charge in [0.1, 0.15) is 0 Å². The maximum absolute atomic E-state index is 11.9. The number of aliphatic carboxylic acids is 1. The van der Waals surface area contributed by atoms with E-state index in [0.717, 1.165) is 29.9 Å². The maximum Gasteiger partial charge on any atom is 0.311 e. The van der Waals surface area contributed by atoms with Crippen LogP contribution in [0.15, 0.2) is 24.4 Å². The number of aromatic nitrogens is 1. The van der Waals surface area contributed by atoms with E-state index in [4.69, 9.17) is 9.84 Å². The number of ether oxygens (including phenoxy) is 1. The van der Waals surface area contributed by atoms with Crippen molar-refractivity contribution >= 4 is 22.8 Å². The number of rotatable bonds is 9. The van der Waals surface area contributed by atoms with Crippen molar-refractivity contribution in [3.05, 3.63) is 30.0 Å². The monoisotopic (exact) mass is 344 g/mol. The lowest BCUT2D eigenvalue weighted by Gasteiger charge is -2.14. The second kappa shape index (κ2) is 7.70. The van der Waals surface area contributed by atoms with Gasteiger partial charge in [0.25, 0.3) is 0 Å². The van der Waals surface area contributed by atoms with Gasteiger partial charge < -0.3 is 19.7 Å². The van der Waals surface area contributed by atoms with Crippen LogP contribution in [0.3, 0.4) is 0 Å². The Morgan fingerprint density at radius 1 is 1.32 bits per heavy atom. The van der Waals surface area contributed by atoms with Crippen LogP contribution in [-0.4, -0.2) is 46.6 Å². The predicted molar refractivity (Wildman–Crippen MR) is 94.8 cm³/mol. The lowest BCUT2D eigenvalue weighted by Crippen LogP contribution is -2.23. The highest BCUT2D eigenvalue weighted by Gasteiger charge is 2.25. The second-order valence-electron chi connectivity index (χ2n) is 6.68. The van der Waals surface area contributed by atoms with Crippen LogP contribution in [0.1, 0.15) is 37.7 Å². The van der Waals surface area contributed by atoms with Gasteiger partial charge in [-0.2, -0.15) is 0 Å². The molecule has 0 spiro atoms. The van der Waals surface area contributed by atoms with Gasteiger partial charge in [-0.05, 0) is 44.4 Å². The molecule has 0 unspecified atom stereocenters. The summed E-state index contributed by atoms with van der Waals surface area (Å²) in [5.74, 6) is -0.807. The number of carboxylic acid groups (broad SMARTS) is 1. The number of nitrogens with zero attached hydrogens (tertiary/aromatic N) is 1. The van der Waals surface area contributed by atoms with E-state index in [9.17, 15) is 9.59 Å². The third kappa shape index (κ3) is 4.60. The smallest absolute Gasteiger partial charge is 0.311 e. The van der Waals surface area contributed by atoms with Crippen LogP contribution in [0.5, 0.6) is 5.75 Å². The fraction of sp³-hybridized carbons (Fsp3) is 0.474. The molecular weight excluding hydrogens is 320 g/mol. The zero-order chi connectivity index (χ0) is 17.8. The molecule has 2 aromatic rings. The van der Waals surface area contributed by atoms with E-state index >= 15 is 0 Å². The molecule has 6 heteroatoms. The molecule has 1 aromatic carbocycles. The van der Waals surface area contributed by atoms with Gasteiger partial charge >= 0.3 is 11.9 Å². The molecule has 0 amide bonds. The number of carbonyl (C=O) groups is 2. The zero-order valence-electron chi connectivity index (χ0n) is 14.5. The Labute approximate surface area is 146 Å². The Kier molecular flexibility index (Phi) is 5.38. The molecule has 1 aliphatic carbocycles. The van der Waals surface area contributed by atoms with Crippen LogP contribution in [0.25, 0.3) is 10.9 Å². The lowest BCUT2D eigenvalue weighted by atomic mass is 10.1. The highest BCUT2D eigenvalue weighted by atomic mass is 16.5. The number of benzene rings is 1. The minimum absolute atomic E-state index is 0.0273. The number of carboxylic acids is 1. The van der Waals surface area contributed by atoms with Crippen LogP contribution < -0.4 is 4.74 Å². The summed E-state index contributed by atoms with van der Waals surface area (Å²) in [6.45, 7) is 1.01. The molecule has 1 saturated carbocycles. The Morgan fingerprint density at radius 2 is 2.12 bits per heavy atom. The number of fused-ring (bicyclic) bond motifs is 1. The van der Waals surface area contributed by atoms with Crippen molar-refractivity contribution in [2.45, 2.75) is 44.6 Å². The topological polar surface area (TPSA) is 82.6 Å². The van der Waals surface area contributed by atoms with Crippen LogP contribution in [0.4, 0.5) is 0 Å². The first-order valence-electron chi connectivity index (χ1n) is 8.76. The first-order valence-corrected chi connectivity index (χ1v) is 8.76. The van der Waals surface area contributed by atoms with E-state index in [1.807, 2.05) is 18.3 Å². The van der Waals surface area contributed by atoms with Crippen molar-refractivity contribution in [3.8, 4) is 5.75 Å². The Balaban J connectivity index is 1.63. The van der Waals surface area contributed by atoms with Crippen molar-refractivity contribution < 1.29 is 19.4 Å². The third-order valence-electron chi connectivity index (χ3n) is 4.66. The molecule has 0 bridgehead atoms. The summed E-state index contributed by atoms with van der Waals surface area (Å²) in [6.07, 6.45) is 5.88. The van der Waals surface area contributed by atoms with Crippen LogP contribution in [-0.2, 0) is 16.0 Å². The highest BCUT2D eigenvalue weighted by Crippen LogP contribution is 2.29. The number of H-pyrrole nitrogens is 1. The zero-order valence-corrected chi connectivity index (χ0v) is 14.5. The van der Waals surface area contributed by atoms with Crippen molar-refractivity contribution in [1.82, 2.24) is 9.88 Å². The molecule has 25 heavy (non-hydrogen) atoms. The number of hydrogen-bond donors (Lipinski definition) is 2. The minimum atomic E-state index is -0.903. The molecule has 2 N–H and O–H groups in total. The third-order valence-corrected chi connectivity index (χ3v) is 4.66. The van der Waals surface area contributed by atoms with Gasteiger partial charge in [0.2, 0.25) is 0 Å². The van der Waals surface area contributed by atoms with Crippen molar-refractivity contribution in [2.75, 3.05) is 13.6 Å². The van der Waals surface area contributed by atoms with E-state index in [-0.39, 0.29) is 19.3 Å². The SMILES string of the molecule is CN(CCc1c[nH]c2c(OC(=O)CCCC(=O)O)cccc12)C1CC1. The first kappa shape index (κ1) is 17.5. The summed E-state index contributed by atoms with van der Waals surface area (Å²) >= 11 is 0. The number of carbonyl (C=O) groups excluding carboxylic acids is 1. The summed E-state index contributed by atoms with van der Waals surface area (Å²) < 4.78 is 5.42. The second-order valence-corrected chi connectivity index (χ2v) is 6.68. The quantitative estimate of drug-likeness (QED) is 0.540. The molecule has 0 saturated heterocycles. The van der Waals surface area contributed by atoms with Gasteiger partial charge in [0, 0.05) is 37.0 Å². The van der Waals surface area contributed by atoms with Gasteiger partial charge in [-0.3, -0.25) is 9.59 Å². The Hall–Kier alpha value is -2.34. The number of nitrogens with one attached hydrogen (secondary N) is 1.